The first-order valence-corrected chi connectivity index (χ1v) is 6.48. The second kappa shape index (κ2) is 6.07. The van der Waals surface area contributed by atoms with Crippen molar-refractivity contribution in [2.75, 3.05) is 18.4 Å². The van der Waals surface area contributed by atoms with E-state index >= 15 is 0 Å². The van der Waals surface area contributed by atoms with Crippen LogP contribution >= 0.6 is 12.4 Å². The van der Waals surface area contributed by atoms with Crippen molar-refractivity contribution in [2.24, 2.45) is 0 Å². The summed E-state index contributed by atoms with van der Waals surface area (Å²) in [4.78, 5) is 3.91. The number of benzene rings is 1. The molecule has 0 radical (unpaired) electrons. The second-order valence-corrected chi connectivity index (χ2v) is 4.89. The van der Waals surface area contributed by atoms with Crippen LogP contribution < -0.4 is 10.6 Å². The van der Waals surface area contributed by atoms with Gasteiger partial charge in [-0.25, -0.2) is 0 Å². The fourth-order valence-corrected chi connectivity index (χ4v) is 2.53. The minimum absolute atomic E-state index is 0. The number of anilines is 1. The number of fused-ring (bicyclic) bond motifs is 1. The Labute approximate surface area is 126 Å². The first kappa shape index (κ1) is 15.9. The molecule has 1 aromatic heterocycles. The summed E-state index contributed by atoms with van der Waals surface area (Å²) in [6, 6.07) is 6.12. The number of alkyl halides is 3. The molecule has 0 saturated carbocycles. The predicted molar refractivity (Wildman–Crippen MR) is 78.9 cm³/mol. The van der Waals surface area contributed by atoms with Gasteiger partial charge in [-0.2, -0.15) is 13.2 Å². The topological polar surface area (TPSA) is 37.0 Å². The minimum Gasteiger partial charge on any atom is -0.380 e. The number of hydrogen-bond donors (Lipinski definition) is 2. The molecule has 3 nitrogen and oxygen atoms in total. The quantitative estimate of drug-likeness (QED) is 0.891. The van der Waals surface area contributed by atoms with Crippen LogP contribution in [0, 0.1) is 0 Å². The zero-order chi connectivity index (χ0) is 14.2. The molecule has 1 aliphatic heterocycles. The van der Waals surface area contributed by atoms with Crippen molar-refractivity contribution in [2.45, 2.75) is 18.6 Å². The van der Waals surface area contributed by atoms with Crippen LogP contribution in [-0.4, -0.2) is 24.1 Å². The van der Waals surface area contributed by atoms with E-state index in [-0.39, 0.29) is 24.0 Å². The third-order valence-corrected chi connectivity index (χ3v) is 3.50. The Morgan fingerprint density at radius 3 is 2.71 bits per heavy atom. The first-order valence-electron chi connectivity index (χ1n) is 6.48. The predicted octanol–water partition coefficient (Wildman–Crippen LogP) is 3.45. The summed E-state index contributed by atoms with van der Waals surface area (Å²) < 4.78 is 39.0. The van der Waals surface area contributed by atoms with Gasteiger partial charge in [-0.05, 0) is 25.1 Å². The SMILES string of the molecule is Cl.FC(F)(F)c1cccc2c(N[C@H]3CCNC3)ccnc12. The molecule has 2 N–H and O–H groups in total. The molecule has 1 atom stereocenters. The number of nitrogens with zero attached hydrogens (tertiary/aromatic N) is 1. The van der Waals surface area contributed by atoms with Crippen LogP contribution in [0.25, 0.3) is 10.9 Å². The summed E-state index contributed by atoms with van der Waals surface area (Å²) in [6.45, 7) is 1.75. The van der Waals surface area contributed by atoms with Crippen molar-refractivity contribution in [3.05, 3.63) is 36.0 Å². The van der Waals surface area contributed by atoms with E-state index in [0.717, 1.165) is 25.6 Å². The highest BCUT2D eigenvalue weighted by atomic mass is 35.5. The molecule has 0 spiro atoms. The van der Waals surface area contributed by atoms with Crippen LogP contribution in [0.4, 0.5) is 18.9 Å². The van der Waals surface area contributed by atoms with Gasteiger partial charge >= 0.3 is 6.18 Å². The fraction of sp³-hybridized carbons (Fsp3) is 0.357. The van der Waals surface area contributed by atoms with Crippen molar-refractivity contribution >= 4 is 29.0 Å². The van der Waals surface area contributed by atoms with Gasteiger partial charge in [0.25, 0.3) is 0 Å². The van der Waals surface area contributed by atoms with Crippen molar-refractivity contribution in [1.82, 2.24) is 10.3 Å². The molecule has 0 bridgehead atoms. The molecule has 1 saturated heterocycles. The zero-order valence-electron chi connectivity index (χ0n) is 11.1. The average Bonchev–Trinajstić information content (AvgIpc) is 2.90. The van der Waals surface area contributed by atoms with Gasteiger partial charge in [-0.15, -0.1) is 12.4 Å². The normalized spacial score (nSPS) is 18.5. The molecule has 2 heterocycles. The van der Waals surface area contributed by atoms with Crippen molar-refractivity contribution in [3.8, 4) is 0 Å². The van der Waals surface area contributed by atoms with E-state index in [2.05, 4.69) is 15.6 Å². The molecule has 21 heavy (non-hydrogen) atoms. The van der Waals surface area contributed by atoms with Crippen LogP contribution in [0.3, 0.4) is 0 Å². The maximum absolute atomic E-state index is 13.0. The van der Waals surface area contributed by atoms with E-state index in [1.165, 1.54) is 12.3 Å². The number of rotatable bonds is 2. The van der Waals surface area contributed by atoms with Gasteiger partial charge in [0.1, 0.15) is 0 Å². The van der Waals surface area contributed by atoms with E-state index < -0.39 is 11.7 Å². The van der Waals surface area contributed by atoms with Crippen LogP contribution in [0.5, 0.6) is 0 Å². The monoisotopic (exact) mass is 317 g/mol. The number of halogens is 4. The van der Waals surface area contributed by atoms with Crippen molar-refractivity contribution in [1.29, 1.82) is 0 Å². The zero-order valence-corrected chi connectivity index (χ0v) is 11.9. The molecule has 7 heteroatoms. The Bertz CT molecular complexity index is 624. The Morgan fingerprint density at radius 1 is 1.24 bits per heavy atom. The van der Waals surface area contributed by atoms with Crippen molar-refractivity contribution < 1.29 is 13.2 Å². The Balaban J connectivity index is 0.00000161. The smallest absolute Gasteiger partial charge is 0.380 e. The fourth-order valence-electron chi connectivity index (χ4n) is 2.53. The van der Waals surface area contributed by atoms with Crippen LogP contribution in [-0.2, 0) is 6.18 Å². The number of hydrogen-bond acceptors (Lipinski definition) is 3. The van der Waals surface area contributed by atoms with E-state index in [0.29, 0.717) is 11.1 Å². The molecule has 1 aliphatic rings. The van der Waals surface area contributed by atoms with E-state index in [9.17, 15) is 13.2 Å². The van der Waals surface area contributed by atoms with E-state index in [4.69, 9.17) is 0 Å². The molecule has 1 fully saturated rings. The van der Waals surface area contributed by atoms with Gasteiger partial charge in [-0.1, -0.05) is 12.1 Å². The maximum atomic E-state index is 13.0. The van der Waals surface area contributed by atoms with Gasteiger partial charge in [0, 0.05) is 29.9 Å². The third-order valence-electron chi connectivity index (χ3n) is 3.50. The molecule has 2 aromatic rings. The van der Waals surface area contributed by atoms with Gasteiger partial charge in [0.05, 0.1) is 11.1 Å². The lowest BCUT2D eigenvalue weighted by Crippen LogP contribution is -2.22. The first-order chi connectivity index (χ1) is 9.55. The minimum atomic E-state index is -4.39. The van der Waals surface area contributed by atoms with Crippen LogP contribution in [0.15, 0.2) is 30.5 Å². The number of para-hydroxylation sites is 1. The van der Waals surface area contributed by atoms with Gasteiger partial charge in [0.2, 0.25) is 0 Å². The van der Waals surface area contributed by atoms with Gasteiger partial charge in [0.15, 0.2) is 0 Å². The lowest BCUT2D eigenvalue weighted by Gasteiger charge is -2.16. The molecular formula is C14H15ClF3N3. The van der Waals surface area contributed by atoms with Gasteiger partial charge < -0.3 is 10.6 Å². The van der Waals surface area contributed by atoms with Crippen LogP contribution in [0.2, 0.25) is 0 Å². The Kier molecular flexibility index (Phi) is 4.58. The highest BCUT2D eigenvalue weighted by Gasteiger charge is 2.33. The van der Waals surface area contributed by atoms with Crippen molar-refractivity contribution in [3.63, 3.8) is 0 Å². The molecular weight excluding hydrogens is 303 g/mol. The molecule has 1 aromatic carbocycles. The molecule has 0 unspecified atom stereocenters. The number of nitrogens with one attached hydrogen (secondary N) is 2. The molecule has 114 valence electrons. The van der Waals surface area contributed by atoms with Crippen LogP contribution in [0.1, 0.15) is 12.0 Å². The lowest BCUT2D eigenvalue weighted by molar-refractivity contribution is -0.136. The standard InChI is InChI=1S/C14H14F3N3.ClH/c15-14(16,17)11-3-1-2-10-12(5-7-19-13(10)11)20-9-4-6-18-8-9;/h1-3,5,7,9,18H,4,6,8H2,(H,19,20);1H/t9-;/m0./s1. The summed E-state index contributed by atoms with van der Waals surface area (Å²) in [5.74, 6) is 0. The molecule has 0 aliphatic carbocycles. The Hall–Kier alpha value is -1.53. The summed E-state index contributed by atoms with van der Waals surface area (Å²) >= 11 is 0. The largest absolute Gasteiger partial charge is 0.418 e. The summed E-state index contributed by atoms with van der Waals surface area (Å²) in [6.07, 6.45) is -2.01. The molecule has 3 rings (SSSR count). The summed E-state index contributed by atoms with van der Waals surface area (Å²) in [5.41, 5.74) is 0.00829. The number of pyridine rings is 1. The lowest BCUT2D eigenvalue weighted by atomic mass is 10.1. The second-order valence-electron chi connectivity index (χ2n) is 4.89. The highest BCUT2D eigenvalue weighted by Crippen LogP contribution is 2.35. The number of aromatic nitrogens is 1. The summed E-state index contributed by atoms with van der Waals surface area (Å²) in [5, 5.41) is 7.02. The highest BCUT2D eigenvalue weighted by molar-refractivity contribution is 5.93. The summed E-state index contributed by atoms with van der Waals surface area (Å²) in [7, 11) is 0. The Morgan fingerprint density at radius 2 is 2.05 bits per heavy atom. The van der Waals surface area contributed by atoms with E-state index in [1.54, 1.807) is 12.1 Å². The van der Waals surface area contributed by atoms with E-state index in [1.807, 2.05) is 0 Å². The van der Waals surface area contributed by atoms with Gasteiger partial charge in [-0.3, -0.25) is 4.98 Å². The third kappa shape index (κ3) is 3.22. The average molecular weight is 318 g/mol. The maximum Gasteiger partial charge on any atom is 0.418 e. The molecule has 0 amide bonds.